The minimum absolute atomic E-state index is 0.0769. The summed E-state index contributed by atoms with van der Waals surface area (Å²) >= 11 is 0. The second-order valence-corrected chi connectivity index (χ2v) is 26.2. The second-order valence-electron chi connectivity index (χ2n) is 21.0. The van der Waals surface area contributed by atoms with Crippen LogP contribution < -0.4 is 10.4 Å². The van der Waals surface area contributed by atoms with Gasteiger partial charge in [0, 0.05) is 36.5 Å². The normalized spacial score (nSPS) is 30.0. The SMILES string of the molecule is [B]P([B])O[C@@H]1C(N=[N+]=[N-])[C@@H](OC2C(COC(C)=O)O[C@@H](C)C(C)[C@@H]2OCc2ccccc2)OC(CO[Si](c2ccccc2)(c2ccccc2)C(C)(C)C)[C@H]1O[C@@H]1OC(COC(C)=O)C(C)[C@@H](OCc2ccccc2)C1C. The lowest BCUT2D eigenvalue weighted by molar-refractivity contribution is -0.347. The van der Waals surface area contributed by atoms with Gasteiger partial charge in [0.05, 0.1) is 44.2 Å². The summed E-state index contributed by atoms with van der Waals surface area (Å²) in [6, 6.07) is 38.5. The number of rotatable bonds is 22. The molecule has 3 aliphatic rings. The molecule has 404 valence electrons. The Morgan fingerprint density at radius 3 is 1.57 bits per heavy atom. The molecule has 0 aromatic heterocycles. The number of hydrogen-bond acceptors (Lipinski definition) is 14. The molecule has 0 saturated carbocycles. The van der Waals surface area contributed by atoms with E-state index in [1.54, 1.807) is 0 Å². The Balaban J connectivity index is 1.34. The van der Waals surface area contributed by atoms with Crippen LogP contribution in [0.1, 0.15) is 73.4 Å². The summed E-state index contributed by atoms with van der Waals surface area (Å²) in [6.45, 7) is 17.2. The molecule has 0 N–H and O–H groups in total. The van der Waals surface area contributed by atoms with Gasteiger partial charge in [-0.25, -0.2) is 0 Å². The number of carbonyl (C=O) groups is 2. The lowest BCUT2D eigenvalue weighted by Crippen LogP contribution is -2.69. The molecule has 4 aromatic rings. The van der Waals surface area contributed by atoms with Crippen molar-refractivity contribution >= 4 is 53.7 Å². The maximum absolute atomic E-state index is 12.4. The van der Waals surface area contributed by atoms with Crippen molar-refractivity contribution in [3.63, 3.8) is 0 Å². The first-order valence-corrected chi connectivity index (χ1v) is 29.3. The molecule has 7 rings (SSSR count). The zero-order valence-corrected chi connectivity index (χ0v) is 46.9. The number of esters is 2. The minimum Gasteiger partial charge on any atom is -0.463 e. The van der Waals surface area contributed by atoms with Crippen LogP contribution in [0.5, 0.6) is 0 Å². The fourth-order valence-corrected chi connectivity index (χ4v) is 15.8. The molecule has 4 radical (unpaired) electrons. The van der Waals surface area contributed by atoms with E-state index in [0.29, 0.717) is 6.61 Å². The topological polar surface area (TPSA) is 184 Å². The van der Waals surface area contributed by atoms with Crippen LogP contribution in [-0.2, 0) is 74.4 Å². The number of nitrogens with zero attached hydrogens (tertiary/aromatic N) is 3. The van der Waals surface area contributed by atoms with Gasteiger partial charge in [-0.2, -0.15) is 0 Å². The molecular formula is C56H72B2N3O13PSi. The standard InChI is InChI=1S/C56H72B2N3O13PSi/c1-35-38(4)69-46(33-65-40(6)63)51(50(35)67-31-42-24-16-11-17-25-42)73-55-48(60-61-59)53(74-75(57)58)52(47(71-55)34-68-76(56(7,8)9,43-26-18-12-19-27-43)44-28-20-13-21-29-44)72-54-37(3)49(66-30-41-22-14-10-15-23-41)36(2)45(70-54)32-64-39(5)62/h10-29,35-38,45-55H,30-34H2,1-9H3/t35?,36?,37?,38-,45?,46?,47?,48?,49+,50-,51?,52+,53+,54-,55+/m0/s1. The van der Waals surface area contributed by atoms with Crippen molar-refractivity contribution in [2.24, 2.45) is 22.9 Å². The molecule has 0 aliphatic carbocycles. The van der Waals surface area contributed by atoms with Crippen LogP contribution in [0.3, 0.4) is 0 Å². The van der Waals surface area contributed by atoms with Crippen molar-refractivity contribution in [3.8, 4) is 0 Å². The number of azide groups is 1. The van der Waals surface area contributed by atoms with Gasteiger partial charge in [-0.05, 0) is 39.0 Å². The summed E-state index contributed by atoms with van der Waals surface area (Å²) in [5.74, 6) is -1.97. The zero-order chi connectivity index (χ0) is 54.6. The molecule has 8 unspecified atom stereocenters. The van der Waals surface area contributed by atoms with E-state index < -0.39 is 107 Å². The Hall–Kier alpha value is -4.45. The van der Waals surface area contributed by atoms with Gasteiger partial charge in [0.2, 0.25) is 0 Å². The molecule has 20 heteroatoms. The Kier molecular flexibility index (Phi) is 21.4. The molecule has 0 spiro atoms. The van der Waals surface area contributed by atoms with Crippen molar-refractivity contribution in [2.45, 2.75) is 154 Å². The Morgan fingerprint density at radius 2 is 1.07 bits per heavy atom. The van der Waals surface area contributed by atoms with Crippen LogP contribution in [0.4, 0.5) is 0 Å². The molecule has 3 saturated heterocycles. The summed E-state index contributed by atoms with van der Waals surface area (Å²) in [6.07, 6.45) is -10.0. The summed E-state index contributed by atoms with van der Waals surface area (Å²) < 4.78 is 73.7. The average Bonchev–Trinajstić information content (AvgIpc) is 3.39. The highest BCUT2D eigenvalue weighted by atomic mass is 31.1. The van der Waals surface area contributed by atoms with Gasteiger partial charge in [0.1, 0.15) is 64.9 Å². The van der Waals surface area contributed by atoms with Crippen molar-refractivity contribution in [1.82, 2.24) is 0 Å². The van der Waals surface area contributed by atoms with Crippen molar-refractivity contribution in [3.05, 3.63) is 143 Å². The van der Waals surface area contributed by atoms with Gasteiger partial charge < -0.3 is 51.6 Å². The van der Waals surface area contributed by atoms with E-state index in [-0.39, 0.29) is 44.4 Å². The third-order valence-corrected chi connectivity index (χ3v) is 20.2. The third kappa shape index (κ3) is 14.6. The highest BCUT2D eigenvalue weighted by Crippen LogP contribution is 2.44. The Bertz CT molecular complexity index is 2450. The van der Waals surface area contributed by atoms with E-state index in [0.717, 1.165) is 21.5 Å². The minimum atomic E-state index is -3.31. The van der Waals surface area contributed by atoms with Crippen LogP contribution in [0.2, 0.25) is 5.04 Å². The van der Waals surface area contributed by atoms with Crippen LogP contribution in [0, 0.1) is 17.8 Å². The molecule has 3 heterocycles. The summed E-state index contributed by atoms with van der Waals surface area (Å²) in [5, 5.41) is 5.88. The van der Waals surface area contributed by atoms with Crippen molar-refractivity contribution in [2.75, 3.05) is 19.8 Å². The molecule has 76 heavy (non-hydrogen) atoms. The van der Waals surface area contributed by atoms with E-state index in [2.05, 4.69) is 55.1 Å². The Morgan fingerprint density at radius 1 is 0.605 bits per heavy atom. The highest BCUT2D eigenvalue weighted by Gasteiger charge is 2.57. The summed E-state index contributed by atoms with van der Waals surface area (Å²) in [4.78, 5) is 28.0. The second kappa shape index (κ2) is 27.4. The maximum Gasteiger partial charge on any atom is 0.302 e. The van der Waals surface area contributed by atoms with Crippen LogP contribution in [-0.4, -0.2) is 129 Å². The Labute approximate surface area is 452 Å². The quantitative estimate of drug-likeness (QED) is 0.0183. The number of hydrogen-bond donors (Lipinski definition) is 0. The van der Waals surface area contributed by atoms with E-state index in [1.165, 1.54) is 13.8 Å². The first-order valence-electron chi connectivity index (χ1n) is 26.0. The molecular weight excluding hydrogens is 1000 g/mol. The maximum atomic E-state index is 12.4. The van der Waals surface area contributed by atoms with E-state index in [1.807, 2.05) is 125 Å². The number of ether oxygens (including phenoxy) is 9. The van der Waals surface area contributed by atoms with E-state index in [4.69, 9.17) is 66.7 Å². The molecule has 0 amide bonds. The van der Waals surface area contributed by atoms with Crippen LogP contribution in [0.25, 0.3) is 10.4 Å². The van der Waals surface area contributed by atoms with Gasteiger partial charge in [0.15, 0.2) is 12.6 Å². The molecule has 0 bridgehead atoms. The van der Waals surface area contributed by atoms with Crippen molar-refractivity contribution in [1.29, 1.82) is 0 Å². The number of carbonyl (C=O) groups excluding carboxylic acids is 2. The lowest BCUT2D eigenvalue weighted by atomic mass is 9.85. The van der Waals surface area contributed by atoms with Crippen LogP contribution >= 0.6 is 7.91 Å². The molecule has 4 aromatic carbocycles. The molecule has 3 fully saturated rings. The average molecular weight is 1080 g/mol. The zero-order valence-electron chi connectivity index (χ0n) is 45.0. The smallest absolute Gasteiger partial charge is 0.302 e. The van der Waals surface area contributed by atoms with E-state index >= 15 is 0 Å². The summed E-state index contributed by atoms with van der Waals surface area (Å²) in [7, 11) is 7.37. The molecule has 15 atom stereocenters. The van der Waals surface area contributed by atoms with Gasteiger partial charge in [-0.3, -0.25) is 9.59 Å². The van der Waals surface area contributed by atoms with Gasteiger partial charge >= 0.3 is 11.9 Å². The van der Waals surface area contributed by atoms with Crippen molar-refractivity contribution < 1.29 is 61.2 Å². The fourth-order valence-electron chi connectivity index (χ4n) is 10.7. The first-order chi connectivity index (χ1) is 36.4. The highest BCUT2D eigenvalue weighted by molar-refractivity contribution is 7.97. The third-order valence-electron chi connectivity index (χ3n) is 14.7. The predicted molar refractivity (Wildman–Crippen MR) is 292 cm³/mol. The molecule has 3 aliphatic heterocycles. The summed E-state index contributed by atoms with van der Waals surface area (Å²) in [5.41, 5.74) is 12.3. The first kappa shape index (κ1) is 59.2. The molecule has 16 nitrogen and oxygen atoms in total. The lowest BCUT2D eigenvalue weighted by Gasteiger charge is -2.52. The largest absolute Gasteiger partial charge is 0.463 e. The predicted octanol–water partition coefficient (Wildman–Crippen LogP) is 8.40. The van der Waals surface area contributed by atoms with Gasteiger partial charge in [0.25, 0.3) is 8.32 Å². The van der Waals surface area contributed by atoms with Gasteiger partial charge in [-0.15, -0.1) is 0 Å². The monoisotopic (exact) mass is 1080 g/mol. The van der Waals surface area contributed by atoms with Gasteiger partial charge in [-0.1, -0.05) is 176 Å². The fraction of sp³-hybridized carbons (Fsp3) is 0.536. The van der Waals surface area contributed by atoms with Crippen LogP contribution in [0.15, 0.2) is 126 Å². The number of benzene rings is 4. The van der Waals surface area contributed by atoms with E-state index in [9.17, 15) is 15.1 Å².